The van der Waals surface area contributed by atoms with Crippen LogP contribution in [0, 0.1) is 0 Å². The molecule has 9 nitrogen and oxygen atoms in total. The van der Waals surface area contributed by atoms with Gasteiger partial charge in [0.05, 0.1) is 22.6 Å². The van der Waals surface area contributed by atoms with E-state index in [2.05, 4.69) is 4.98 Å². The van der Waals surface area contributed by atoms with Crippen molar-refractivity contribution < 1.29 is 18.3 Å². The fourth-order valence-corrected chi connectivity index (χ4v) is 5.84. The Morgan fingerprint density at radius 1 is 1.03 bits per heavy atom. The summed E-state index contributed by atoms with van der Waals surface area (Å²) in [7, 11) is -3.02. The molecule has 39 heavy (non-hydrogen) atoms. The Kier molecular flexibility index (Phi) is 8.69. The highest BCUT2D eigenvalue weighted by Gasteiger charge is 2.32. The van der Waals surface area contributed by atoms with Gasteiger partial charge in [-0.15, -0.1) is 0 Å². The molecule has 4 rings (SSSR count). The van der Waals surface area contributed by atoms with Crippen molar-refractivity contribution in [2.45, 2.75) is 42.0 Å². The minimum atomic E-state index is -4.51. The van der Waals surface area contributed by atoms with Gasteiger partial charge in [0.1, 0.15) is 5.82 Å². The standard InChI is InChI=1S/C28H28ClN3O6S/c1-3-4-10-24-30-27(34)26(28(35)32(24)23(18-38-2)19-8-6-5-7-9-19)39(36,37)22-14-12-21(13-15-22)31-17-20(29)11-16-25(31)33/h5-9,11-17,23,34H,3-4,10,18H2,1-2H3. The molecule has 0 aliphatic heterocycles. The molecule has 0 aliphatic rings. The zero-order valence-electron chi connectivity index (χ0n) is 21.5. The van der Waals surface area contributed by atoms with Gasteiger partial charge in [0.25, 0.3) is 11.1 Å². The summed E-state index contributed by atoms with van der Waals surface area (Å²) in [6.45, 7) is 2.06. The van der Waals surface area contributed by atoms with E-state index in [0.29, 0.717) is 23.6 Å². The predicted octanol–water partition coefficient (Wildman–Crippen LogP) is 4.16. The average Bonchev–Trinajstić information content (AvgIpc) is 2.92. The van der Waals surface area contributed by atoms with Crippen LogP contribution in [0.4, 0.5) is 0 Å². The fourth-order valence-electron chi connectivity index (χ4n) is 4.34. The van der Waals surface area contributed by atoms with E-state index in [1.54, 1.807) is 0 Å². The second-order valence-corrected chi connectivity index (χ2v) is 11.2. The zero-order valence-corrected chi connectivity index (χ0v) is 23.0. The van der Waals surface area contributed by atoms with Crippen molar-refractivity contribution in [2.75, 3.05) is 13.7 Å². The van der Waals surface area contributed by atoms with Crippen LogP contribution in [0.2, 0.25) is 5.02 Å². The summed E-state index contributed by atoms with van der Waals surface area (Å²) in [5.74, 6) is -0.596. The minimum Gasteiger partial charge on any atom is -0.492 e. The monoisotopic (exact) mass is 569 g/mol. The van der Waals surface area contributed by atoms with Crippen LogP contribution in [0.1, 0.15) is 37.2 Å². The van der Waals surface area contributed by atoms with Gasteiger partial charge in [-0.1, -0.05) is 55.3 Å². The van der Waals surface area contributed by atoms with Crippen LogP contribution in [0.3, 0.4) is 0 Å². The summed E-state index contributed by atoms with van der Waals surface area (Å²) in [6.07, 6.45) is 3.25. The van der Waals surface area contributed by atoms with E-state index in [4.69, 9.17) is 16.3 Å². The lowest BCUT2D eigenvalue weighted by Gasteiger charge is -2.24. The van der Waals surface area contributed by atoms with E-state index in [9.17, 15) is 23.1 Å². The van der Waals surface area contributed by atoms with Crippen LogP contribution in [-0.4, -0.2) is 41.4 Å². The van der Waals surface area contributed by atoms with Gasteiger partial charge in [-0.25, -0.2) is 8.42 Å². The van der Waals surface area contributed by atoms with Gasteiger partial charge in [-0.3, -0.25) is 18.7 Å². The van der Waals surface area contributed by atoms with Crippen molar-refractivity contribution in [1.29, 1.82) is 0 Å². The Labute approximate surface area is 230 Å². The van der Waals surface area contributed by atoms with Crippen molar-refractivity contribution in [3.8, 4) is 11.6 Å². The SMILES string of the molecule is CCCCc1nc(O)c(S(=O)(=O)c2ccc(-n3cc(Cl)ccc3=O)cc2)c(=O)n1C(COC)c1ccccc1. The van der Waals surface area contributed by atoms with Crippen molar-refractivity contribution in [3.63, 3.8) is 0 Å². The van der Waals surface area contributed by atoms with Gasteiger partial charge in [0, 0.05) is 31.5 Å². The lowest BCUT2D eigenvalue weighted by Crippen LogP contribution is -2.35. The van der Waals surface area contributed by atoms with Crippen molar-refractivity contribution >= 4 is 21.4 Å². The van der Waals surface area contributed by atoms with Gasteiger partial charge in [0.2, 0.25) is 15.7 Å². The number of sulfone groups is 1. The molecule has 0 bridgehead atoms. The second-order valence-electron chi connectivity index (χ2n) is 8.89. The Balaban J connectivity index is 1.88. The van der Waals surface area contributed by atoms with Gasteiger partial charge < -0.3 is 9.84 Å². The van der Waals surface area contributed by atoms with Crippen molar-refractivity contribution in [1.82, 2.24) is 14.1 Å². The summed E-state index contributed by atoms with van der Waals surface area (Å²) in [4.78, 5) is 29.3. The molecule has 2 aromatic heterocycles. The van der Waals surface area contributed by atoms with Crippen LogP contribution in [0.5, 0.6) is 5.88 Å². The van der Waals surface area contributed by atoms with Crippen LogP contribution >= 0.6 is 11.6 Å². The number of benzene rings is 2. The highest BCUT2D eigenvalue weighted by molar-refractivity contribution is 7.91. The van der Waals surface area contributed by atoms with E-state index in [0.717, 1.165) is 12.0 Å². The lowest BCUT2D eigenvalue weighted by molar-refractivity contribution is 0.165. The molecule has 1 atom stereocenters. The largest absolute Gasteiger partial charge is 0.492 e. The maximum atomic E-state index is 13.9. The first-order valence-corrected chi connectivity index (χ1v) is 14.2. The smallest absolute Gasteiger partial charge is 0.277 e. The number of aromatic hydroxyl groups is 1. The summed E-state index contributed by atoms with van der Waals surface area (Å²) < 4.78 is 35.4. The van der Waals surface area contributed by atoms with Gasteiger partial charge in [-0.2, -0.15) is 4.98 Å². The number of ether oxygens (including phenoxy) is 1. The number of methoxy groups -OCH3 is 1. The Hall–Kier alpha value is -3.73. The number of hydrogen-bond acceptors (Lipinski definition) is 7. The number of unbranched alkanes of at least 4 members (excludes halogenated alkanes) is 1. The molecule has 204 valence electrons. The third kappa shape index (κ3) is 5.83. The topological polar surface area (TPSA) is 120 Å². The molecule has 0 radical (unpaired) electrons. The maximum Gasteiger partial charge on any atom is 0.277 e. The molecule has 0 fully saturated rings. The number of nitrogens with zero attached hydrogens (tertiary/aromatic N) is 3. The number of hydrogen-bond donors (Lipinski definition) is 1. The molecule has 11 heteroatoms. The molecule has 0 saturated carbocycles. The first-order chi connectivity index (χ1) is 18.7. The van der Waals surface area contributed by atoms with Crippen LogP contribution in [-0.2, 0) is 21.0 Å². The lowest BCUT2D eigenvalue weighted by atomic mass is 10.1. The summed E-state index contributed by atoms with van der Waals surface area (Å²) >= 11 is 6.00. The van der Waals surface area contributed by atoms with E-state index in [-0.39, 0.29) is 22.9 Å². The minimum absolute atomic E-state index is 0.0814. The molecule has 0 spiro atoms. The molecule has 2 heterocycles. The fraction of sp³-hybridized carbons (Fsp3) is 0.250. The van der Waals surface area contributed by atoms with E-state index in [1.807, 2.05) is 37.3 Å². The van der Waals surface area contributed by atoms with E-state index < -0.39 is 32.2 Å². The highest BCUT2D eigenvalue weighted by atomic mass is 35.5. The number of aromatic nitrogens is 3. The number of halogens is 1. The van der Waals surface area contributed by atoms with Crippen molar-refractivity contribution in [2.24, 2.45) is 0 Å². The van der Waals surface area contributed by atoms with Gasteiger partial charge >= 0.3 is 0 Å². The Morgan fingerprint density at radius 3 is 2.36 bits per heavy atom. The molecule has 2 aromatic carbocycles. The van der Waals surface area contributed by atoms with Crippen LogP contribution in [0.25, 0.3) is 5.69 Å². The first-order valence-electron chi connectivity index (χ1n) is 12.3. The summed E-state index contributed by atoms with van der Waals surface area (Å²) in [5, 5.41) is 11.1. The summed E-state index contributed by atoms with van der Waals surface area (Å²) in [6, 6.07) is 16.5. The molecular formula is C28H28ClN3O6S. The maximum absolute atomic E-state index is 13.9. The van der Waals surface area contributed by atoms with Crippen LogP contribution in [0.15, 0.2) is 92.3 Å². The molecule has 0 saturated heterocycles. The molecule has 1 N–H and O–H groups in total. The molecule has 0 aliphatic carbocycles. The van der Waals surface area contributed by atoms with Crippen molar-refractivity contribution in [3.05, 3.63) is 110 Å². The molecule has 4 aromatic rings. The number of aryl methyl sites for hydroxylation is 1. The normalized spacial score (nSPS) is 12.4. The number of pyridine rings is 1. The number of rotatable bonds is 10. The molecule has 0 amide bonds. The summed E-state index contributed by atoms with van der Waals surface area (Å²) in [5.41, 5.74) is -0.145. The van der Waals surface area contributed by atoms with E-state index in [1.165, 1.54) is 58.8 Å². The van der Waals surface area contributed by atoms with Gasteiger partial charge in [0.15, 0.2) is 4.90 Å². The molecular weight excluding hydrogens is 542 g/mol. The first kappa shape index (κ1) is 28.3. The van der Waals surface area contributed by atoms with Gasteiger partial charge in [-0.05, 0) is 42.3 Å². The zero-order chi connectivity index (χ0) is 28.2. The van der Waals surface area contributed by atoms with Crippen LogP contribution < -0.4 is 11.1 Å². The molecule has 1 unspecified atom stereocenters. The third-order valence-electron chi connectivity index (χ3n) is 6.27. The highest BCUT2D eigenvalue weighted by Crippen LogP contribution is 2.28. The third-order valence-corrected chi connectivity index (χ3v) is 8.28. The predicted molar refractivity (Wildman–Crippen MR) is 148 cm³/mol. The Bertz CT molecular complexity index is 1680. The second kappa shape index (κ2) is 12.0. The quantitative estimate of drug-likeness (QED) is 0.304. The average molecular weight is 570 g/mol. The Morgan fingerprint density at radius 2 is 1.72 bits per heavy atom. The van der Waals surface area contributed by atoms with E-state index >= 15 is 0 Å².